The van der Waals surface area contributed by atoms with Crippen molar-refractivity contribution in [3.63, 3.8) is 0 Å². The monoisotopic (exact) mass is 638 g/mol. The van der Waals surface area contributed by atoms with E-state index in [1.807, 2.05) is 13.8 Å². The van der Waals surface area contributed by atoms with Crippen LogP contribution in [0.3, 0.4) is 0 Å². The molecule has 5 nitrogen and oxygen atoms in total. The average molecular weight is 638 g/mol. The van der Waals surface area contributed by atoms with Crippen LogP contribution in [0.4, 0.5) is 0 Å². The molecule has 0 bridgehead atoms. The van der Waals surface area contributed by atoms with Gasteiger partial charge in [-0.2, -0.15) is 0 Å². The molecule has 0 radical (unpaired) electrons. The summed E-state index contributed by atoms with van der Waals surface area (Å²) < 4.78 is 6.69. The van der Waals surface area contributed by atoms with Crippen LogP contribution < -0.4 is 5.73 Å². The highest BCUT2D eigenvalue weighted by Crippen LogP contribution is 2.78. The second kappa shape index (κ2) is 11.5. The molecule has 0 aromatic carbocycles. The summed E-state index contributed by atoms with van der Waals surface area (Å²) in [6, 6.07) is 0. The van der Waals surface area contributed by atoms with Crippen molar-refractivity contribution in [2.45, 2.75) is 151 Å². The summed E-state index contributed by atoms with van der Waals surface area (Å²) >= 11 is 0. The zero-order valence-corrected chi connectivity index (χ0v) is 30.7. The fraction of sp³-hybridized carbons (Fsp3) is 0.829. The van der Waals surface area contributed by atoms with E-state index in [-0.39, 0.29) is 57.2 Å². The molecular formula is C41H67NO4. The van der Waals surface area contributed by atoms with Gasteiger partial charge in [-0.3, -0.25) is 4.79 Å². The first-order chi connectivity index (χ1) is 21.1. The Morgan fingerprint density at radius 1 is 0.891 bits per heavy atom. The lowest BCUT2D eigenvalue weighted by Gasteiger charge is -2.76. The van der Waals surface area contributed by atoms with Crippen LogP contribution in [0.5, 0.6) is 0 Å². The minimum atomic E-state index is -0.776. The number of carbonyl (C=O) groups is 1. The maximum atomic E-state index is 11.4. The van der Waals surface area contributed by atoms with Crippen molar-refractivity contribution >= 4 is 5.97 Å². The Morgan fingerprint density at radius 3 is 2.15 bits per heavy atom. The van der Waals surface area contributed by atoms with Crippen molar-refractivity contribution in [2.24, 2.45) is 61.9 Å². The molecule has 46 heavy (non-hydrogen) atoms. The topological polar surface area (TPSA) is 92.8 Å². The first-order valence-corrected chi connectivity index (χ1v) is 18.4. The highest BCUT2D eigenvalue weighted by atomic mass is 16.5. The average Bonchev–Trinajstić information content (AvgIpc) is 3.31. The third-order valence-electron chi connectivity index (χ3n) is 15.9. The molecule has 5 aliphatic rings. The molecule has 0 spiro atoms. The minimum absolute atomic E-state index is 0.0186. The normalized spacial score (nSPS) is 44.6. The van der Waals surface area contributed by atoms with Gasteiger partial charge in [-0.05, 0) is 128 Å². The molecule has 5 saturated carbocycles. The Kier molecular flexibility index (Phi) is 8.92. The summed E-state index contributed by atoms with van der Waals surface area (Å²) in [5.74, 6) is 1.90. The predicted molar refractivity (Wildman–Crippen MR) is 188 cm³/mol. The van der Waals surface area contributed by atoms with Crippen LogP contribution >= 0.6 is 0 Å². The number of hydrogen-bond donors (Lipinski definition) is 3. The lowest BCUT2D eigenvalue weighted by atomic mass is 9.30. The van der Waals surface area contributed by atoms with Gasteiger partial charge in [0.2, 0.25) is 0 Å². The number of allylic oxidation sites excluding steroid dienone is 2. The molecule has 0 heterocycles. The van der Waals surface area contributed by atoms with Crippen molar-refractivity contribution in [1.82, 2.24) is 0 Å². The van der Waals surface area contributed by atoms with E-state index in [0.717, 1.165) is 56.3 Å². The third-order valence-corrected chi connectivity index (χ3v) is 15.9. The van der Waals surface area contributed by atoms with Crippen LogP contribution in [-0.4, -0.2) is 34.4 Å². The Bertz CT molecular complexity index is 1270. The van der Waals surface area contributed by atoms with Gasteiger partial charge in [0.1, 0.15) is 6.10 Å². The lowest BCUT2D eigenvalue weighted by molar-refractivity contribution is -0.255. The van der Waals surface area contributed by atoms with Crippen molar-refractivity contribution < 1.29 is 19.7 Å². The number of ether oxygens (including phenoxy) is 1. The summed E-state index contributed by atoms with van der Waals surface area (Å²) in [6.07, 6.45) is 13.0. The zero-order valence-electron chi connectivity index (χ0n) is 30.7. The first-order valence-electron chi connectivity index (χ1n) is 18.4. The molecule has 5 heteroatoms. The van der Waals surface area contributed by atoms with Gasteiger partial charge in [-0.15, -0.1) is 0 Å². The molecule has 5 rings (SSSR count). The predicted octanol–water partition coefficient (Wildman–Crippen LogP) is 9.45. The number of aliphatic hydroxyl groups is 1. The summed E-state index contributed by atoms with van der Waals surface area (Å²) in [4.78, 5) is 11.4. The Morgan fingerprint density at radius 2 is 1.54 bits per heavy atom. The van der Waals surface area contributed by atoms with Crippen LogP contribution in [0, 0.1) is 56.2 Å². The lowest BCUT2D eigenvalue weighted by Crippen LogP contribution is -2.76. The fourth-order valence-corrected chi connectivity index (χ4v) is 13.8. The second-order valence-corrected chi connectivity index (χ2v) is 19.3. The second-order valence-electron chi connectivity index (χ2n) is 19.3. The van der Waals surface area contributed by atoms with Gasteiger partial charge in [-0.1, -0.05) is 79.3 Å². The zero-order chi connectivity index (χ0) is 34.3. The molecule has 0 aromatic heterocycles. The molecule has 0 saturated heterocycles. The number of fused-ring (bicyclic) bond motifs is 7. The third kappa shape index (κ3) is 5.19. The van der Waals surface area contributed by atoms with E-state index in [0.29, 0.717) is 30.1 Å². The summed E-state index contributed by atoms with van der Waals surface area (Å²) in [5, 5.41) is 19.4. The van der Waals surface area contributed by atoms with E-state index in [1.165, 1.54) is 31.3 Å². The quantitative estimate of drug-likeness (QED) is 0.164. The van der Waals surface area contributed by atoms with E-state index in [1.54, 1.807) is 0 Å². The van der Waals surface area contributed by atoms with Crippen LogP contribution in [0.2, 0.25) is 0 Å². The number of carboxylic acid groups (broad SMARTS) is 1. The van der Waals surface area contributed by atoms with E-state index >= 15 is 0 Å². The maximum Gasteiger partial charge on any atom is 0.303 e. The van der Waals surface area contributed by atoms with Crippen LogP contribution in [0.15, 0.2) is 36.6 Å². The van der Waals surface area contributed by atoms with Crippen molar-refractivity contribution in [3.8, 4) is 0 Å². The molecular weight excluding hydrogens is 570 g/mol. The van der Waals surface area contributed by atoms with Crippen molar-refractivity contribution in [1.29, 1.82) is 0 Å². The SMILES string of the molecule is C=C(CO)C[C@]12CC[C@@H](C(=C)C)[C@@H]1C1(N)CC[C@@H]3[C@@]4(C)CC[C@H](OC(=C)CC(C)(C)CC(=O)O)C(C)(C)[C@@H]4CC[C@@]3(C)[C@]1(C)CC2. The van der Waals surface area contributed by atoms with Gasteiger partial charge in [-0.25, -0.2) is 0 Å². The molecule has 5 aliphatic carbocycles. The molecule has 0 aromatic rings. The summed E-state index contributed by atoms with van der Waals surface area (Å²) in [7, 11) is 0. The molecule has 0 aliphatic heterocycles. The molecule has 260 valence electrons. The van der Waals surface area contributed by atoms with E-state index in [9.17, 15) is 15.0 Å². The van der Waals surface area contributed by atoms with Gasteiger partial charge < -0.3 is 20.7 Å². The van der Waals surface area contributed by atoms with Crippen molar-refractivity contribution in [3.05, 3.63) is 36.6 Å². The number of nitrogens with two attached hydrogens (primary N) is 1. The molecule has 0 amide bonds. The number of aliphatic hydroxyl groups excluding tert-OH is 1. The highest BCUT2D eigenvalue weighted by molar-refractivity contribution is 5.67. The molecule has 4 N–H and O–H groups in total. The van der Waals surface area contributed by atoms with Crippen molar-refractivity contribution in [2.75, 3.05) is 6.61 Å². The van der Waals surface area contributed by atoms with Gasteiger partial charge in [0.15, 0.2) is 0 Å². The van der Waals surface area contributed by atoms with E-state index in [2.05, 4.69) is 61.3 Å². The first kappa shape index (κ1) is 35.7. The van der Waals surface area contributed by atoms with Gasteiger partial charge >= 0.3 is 5.97 Å². The number of hydrogen-bond acceptors (Lipinski definition) is 4. The smallest absolute Gasteiger partial charge is 0.303 e. The Hall–Kier alpha value is -1.59. The Balaban J connectivity index is 1.43. The standard InChI is InChI=1S/C41H67NO4/c1-26(2)29-12-18-40(22-27(3)25-43)21-20-39(11)38(10)17-13-30-36(7,8)32(46-28(4)23-35(5,6)24-33(44)45)15-16-37(30,9)31(38)14-19-41(39,42)34(29)40/h29-32,34,43H,1,3-4,12-25,42H2,2,5-11H3,(H,44,45)/t29-,30-,31+,32-,34-,37-,38+,39-,40+,41?/m0/s1. The van der Waals surface area contributed by atoms with Crippen LogP contribution in [0.25, 0.3) is 0 Å². The van der Waals surface area contributed by atoms with E-state index in [4.69, 9.17) is 10.5 Å². The van der Waals surface area contributed by atoms with Gasteiger partial charge in [0.05, 0.1) is 18.8 Å². The Labute approximate surface area is 280 Å². The number of rotatable bonds is 10. The number of carboxylic acids is 1. The van der Waals surface area contributed by atoms with Gasteiger partial charge in [0.25, 0.3) is 0 Å². The maximum absolute atomic E-state index is 11.4. The van der Waals surface area contributed by atoms with Gasteiger partial charge in [0, 0.05) is 17.4 Å². The summed E-state index contributed by atoms with van der Waals surface area (Å²) in [6.45, 7) is 32.0. The molecule has 5 fully saturated rings. The number of aliphatic carboxylic acids is 1. The van der Waals surface area contributed by atoms with Crippen LogP contribution in [0.1, 0.15) is 139 Å². The largest absolute Gasteiger partial charge is 0.495 e. The highest BCUT2D eigenvalue weighted by Gasteiger charge is 2.75. The van der Waals surface area contributed by atoms with Crippen LogP contribution in [-0.2, 0) is 9.53 Å². The van der Waals surface area contributed by atoms with E-state index < -0.39 is 5.97 Å². The fourth-order valence-electron chi connectivity index (χ4n) is 13.8. The molecule has 10 atom stereocenters. The minimum Gasteiger partial charge on any atom is -0.495 e. The molecule has 1 unspecified atom stereocenters. The summed E-state index contributed by atoms with van der Waals surface area (Å²) in [5.41, 5.74) is 10.1.